The van der Waals surface area contributed by atoms with Crippen molar-refractivity contribution in [1.29, 1.82) is 0 Å². The molecule has 0 aliphatic heterocycles. The molecule has 1 nitrogen and oxygen atoms in total. The number of hydrogen-bond donors (Lipinski definition) is 0. The second-order valence-electron chi connectivity index (χ2n) is 3.17. The van der Waals surface area contributed by atoms with Crippen molar-refractivity contribution in [2.45, 2.75) is 39.9 Å². The van der Waals surface area contributed by atoms with Crippen LogP contribution < -0.4 is 0 Å². The van der Waals surface area contributed by atoms with E-state index in [9.17, 15) is 0 Å². The van der Waals surface area contributed by atoms with Gasteiger partial charge in [0.2, 0.25) is 0 Å². The molecule has 0 rings (SSSR count). The maximum absolute atomic E-state index is 5.86. The Balaban J connectivity index is 4.45. The zero-order valence-electron chi connectivity index (χ0n) is 10.2. The molecule has 0 atom stereocenters. The van der Waals surface area contributed by atoms with E-state index in [2.05, 4.69) is 0 Å². The SMILES string of the molecule is CC=CC(C=CC)OC(C=CC)C=CC. The first-order valence-electron chi connectivity index (χ1n) is 5.45. The molecular weight excluding hydrogens is 184 g/mol. The molecule has 0 aliphatic rings. The van der Waals surface area contributed by atoms with Crippen molar-refractivity contribution in [2.24, 2.45) is 0 Å². The fourth-order valence-electron chi connectivity index (χ4n) is 1.25. The molecule has 15 heavy (non-hydrogen) atoms. The minimum absolute atomic E-state index is 0.0531. The van der Waals surface area contributed by atoms with Crippen LogP contribution in [-0.2, 0) is 4.74 Å². The van der Waals surface area contributed by atoms with Gasteiger partial charge >= 0.3 is 0 Å². The molecule has 0 fully saturated rings. The van der Waals surface area contributed by atoms with E-state index in [4.69, 9.17) is 4.74 Å². The molecule has 0 saturated heterocycles. The molecule has 0 aromatic carbocycles. The quantitative estimate of drug-likeness (QED) is 0.596. The molecule has 0 saturated carbocycles. The lowest BCUT2D eigenvalue weighted by Crippen LogP contribution is -2.15. The van der Waals surface area contributed by atoms with Crippen LogP contribution in [0.4, 0.5) is 0 Å². The van der Waals surface area contributed by atoms with Gasteiger partial charge in [-0.05, 0) is 27.7 Å². The van der Waals surface area contributed by atoms with Crippen LogP contribution in [0.1, 0.15) is 27.7 Å². The lowest BCUT2D eigenvalue weighted by Gasteiger charge is -2.15. The molecule has 0 radical (unpaired) electrons. The van der Waals surface area contributed by atoms with E-state index >= 15 is 0 Å². The molecule has 1 heteroatoms. The summed E-state index contributed by atoms with van der Waals surface area (Å²) >= 11 is 0. The van der Waals surface area contributed by atoms with Crippen molar-refractivity contribution in [3.63, 3.8) is 0 Å². The van der Waals surface area contributed by atoms with Crippen molar-refractivity contribution < 1.29 is 4.74 Å². The number of hydrogen-bond acceptors (Lipinski definition) is 1. The molecule has 0 bridgehead atoms. The van der Waals surface area contributed by atoms with E-state index in [1.165, 1.54) is 0 Å². The highest BCUT2D eigenvalue weighted by molar-refractivity contribution is 5.06. The van der Waals surface area contributed by atoms with Crippen LogP contribution in [-0.4, -0.2) is 12.2 Å². The fourth-order valence-corrected chi connectivity index (χ4v) is 1.25. The lowest BCUT2D eigenvalue weighted by atomic mass is 10.2. The van der Waals surface area contributed by atoms with E-state index in [0.717, 1.165) is 0 Å². The molecule has 0 aromatic rings. The Labute approximate surface area is 93.8 Å². The summed E-state index contributed by atoms with van der Waals surface area (Å²) in [4.78, 5) is 0. The predicted octanol–water partition coefficient (Wildman–Crippen LogP) is 4.04. The van der Waals surface area contributed by atoms with Crippen LogP contribution in [0.25, 0.3) is 0 Å². The summed E-state index contributed by atoms with van der Waals surface area (Å²) in [5.41, 5.74) is 0. The van der Waals surface area contributed by atoms with Crippen LogP contribution in [0.5, 0.6) is 0 Å². The Morgan fingerprint density at radius 2 is 0.867 bits per heavy atom. The van der Waals surface area contributed by atoms with Gasteiger partial charge in [0.05, 0.1) is 12.2 Å². The highest BCUT2D eigenvalue weighted by atomic mass is 16.5. The van der Waals surface area contributed by atoms with E-state index in [1.807, 2.05) is 76.3 Å². The van der Waals surface area contributed by atoms with Gasteiger partial charge in [0.15, 0.2) is 0 Å². The van der Waals surface area contributed by atoms with Gasteiger partial charge in [-0.1, -0.05) is 48.6 Å². The standard InChI is InChI=1S/C14H22O/c1-5-9-13(10-6-2)15-14(11-7-3)12-8-4/h5-14H,1-4H3. The van der Waals surface area contributed by atoms with Gasteiger partial charge in [0.25, 0.3) is 0 Å². The van der Waals surface area contributed by atoms with Gasteiger partial charge in [-0.3, -0.25) is 0 Å². The number of allylic oxidation sites excluding steroid dienone is 4. The van der Waals surface area contributed by atoms with Crippen LogP contribution >= 0.6 is 0 Å². The van der Waals surface area contributed by atoms with Crippen molar-refractivity contribution in [2.75, 3.05) is 0 Å². The van der Waals surface area contributed by atoms with Crippen molar-refractivity contribution >= 4 is 0 Å². The predicted molar refractivity (Wildman–Crippen MR) is 67.9 cm³/mol. The smallest absolute Gasteiger partial charge is 0.0949 e. The van der Waals surface area contributed by atoms with Crippen LogP contribution in [0.2, 0.25) is 0 Å². The molecule has 0 aliphatic carbocycles. The van der Waals surface area contributed by atoms with Gasteiger partial charge in [-0.15, -0.1) is 0 Å². The molecular formula is C14H22O. The molecule has 0 unspecified atom stereocenters. The summed E-state index contributed by atoms with van der Waals surface area (Å²) in [7, 11) is 0. The van der Waals surface area contributed by atoms with Gasteiger partial charge in [0.1, 0.15) is 0 Å². The Kier molecular flexibility index (Phi) is 8.79. The zero-order chi connectivity index (χ0) is 11.5. The maximum Gasteiger partial charge on any atom is 0.0949 e. The topological polar surface area (TPSA) is 9.23 Å². The zero-order valence-corrected chi connectivity index (χ0v) is 10.2. The molecule has 0 aromatic heterocycles. The second kappa shape index (κ2) is 9.47. The minimum Gasteiger partial charge on any atom is -0.359 e. The normalized spacial score (nSPS) is 17.3. The molecule has 84 valence electrons. The second-order valence-corrected chi connectivity index (χ2v) is 3.17. The lowest BCUT2D eigenvalue weighted by molar-refractivity contribution is 0.0960. The third kappa shape index (κ3) is 6.92. The van der Waals surface area contributed by atoms with Crippen molar-refractivity contribution in [3.8, 4) is 0 Å². The van der Waals surface area contributed by atoms with Gasteiger partial charge < -0.3 is 4.74 Å². The first-order valence-corrected chi connectivity index (χ1v) is 5.45. The third-order valence-electron chi connectivity index (χ3n) is 1.84. The van der Waals surface area contributed by atoms with E-state index in [-0.39, 0.29) is 12.2 Å². The summed E-state index contributed by atoms with van der Waals surface area (Å²) in [5, 5.41) is 0. The van der Waals surface area contributed by atoms with Crippen molar-refractivity contribution in [1.82, 2.24) is 0 Å². The number of ether oxygens (including phenoxy) is 1. The first kappa shape index (κ1) is 13.9. The third-order valence-corrected chi connectivity index (χ3v) is 1.84. The highest BCUT2D eigenvalue weighted by Gasteiger charge is 2.05. The molecule has 0 spiro atoms. The van der Waals surface area contributed by atoms with E-state index in [0.29, 0.717) is 0 Å². The Bertz CT molecular complexity index is 196. The average molecular weight is 206 g/mol. The summed E-state index contributed by atoms with van der Waals surface area (Å²) in [6, 6.07) is 0. The Morgan fingerprint density at radius 3 is 1.07 bits per heavy atom. The van der Waals surface area contributed by atoms with E-state index in [1.54, 1.807) is 0 Å². The first-order chi connectivity index (χ1) is 7.28. The van der Waals surface area contributed by atoms with Crippen LogP contribution in [0.15, 0.2) is 48.6 Å². The maximum atomic E-state index is 5.86. The Hall–Kier alpha value is -1.08. The average Bonchev–Trinajstić information content (AvgIpc) is 2.19. The highest BCUT2D eigenvalue weighted by Crippen LogP contribution is 2.06. The largest absolute Gasteiger partial charge is 0.359 e. The van der Waals surface area contributed by atoms with Crippen LogP contribution in [0.3, 0.4) is 0 Å². The van der Waals surface area contributed by atoms with Crippen molar-refractivity contribution in [3.05, 3.63) is 48.6 Å². The number of rotatable bonds is 6. The van der Waals surface area contributed by atoms with E-state index < -0.39 is 0 Å². The summed E-state index contributed by atoms with van der Waals surface area (Å²) in [6.07, 6.45) is 16.3. The minimum atomic E-state index is 0.0531. The molecule has 0 heterocycles. The summed E-state index contributed by atoms with van der Waals surface area (Å²) in [6.45, 7) is 8.00. The van der Waals surface area contributed by atoms with Gasteiger partial charge in [-0.25, -0.2) is 0 Å². The molecule has 0 N–H and O–H groups in total. The van der Waals surface area contributed by atoms with Gasteiger partial charge in [-0.2, -0.15) is 0 Å². The summed E-state index contributed by atoms with van der Waals surface area (Å²) in [5.74, 6) is 0. The van der Waals surface area contributed by atoms with Gasteiger partial charge in [0, 0.05) is 0 Å². The molecule has 0 amide bonds. The fraction of sp³-hybridized carbons (Fsp3) is 0.429. The monoisotopic (exact) mass is 206 g/mol. The van der Waals surface area contributed by atoms with Crippen LogP contribution in [0, 0.1) is 0 Å². The Morgan fingerprint density at radius 1 is 0.600 bits per heavy atom. The summed E-state index contributed by atoms with van der Waals surface area (Å²) < 4.78 is 5.86.